The van der Waals surface area contributed by atoms with Crippen molar-refractivity contribution in [3.05, 3.63) is 70.9 Å². The largest absolute Gasteiger partial charge is 0.364 e. The summed E-state index contributed by atoms with van der Waals surface area (Å²) < 4.78 is 28.6. The summed E-state index contributed by atoms with van der Waals surface area (Å²) in [6, 6.07) is 6.93. The van der Waals surface area contributed by atoms with Crippen LogP contribution in [-0.2, 0) is 5.41 Å². The molecule has 1 fully saturated rings. The first-order valence-electron chi connectivity index (χ1n) is 9.73. The first kappa shape index (κ1) is 18.7. The lowest BCUT2D eigenvalue weighted by molar-refractivity contribution is 0.0994. The number of carbonyl (C=O) groups is 1. The number of amides is 1. The molecular formula is C22H19F2N5O. The van der Waals surface area contributed by atoms with Gasteiger partial charge >= 0.3 is 0 Å². The third-order valence-corrected chi connectivity index (χ3v) is 6.89. The Labute approximate surface area is 171 Å². The molecule has 2 aromatic heterocycles. The minimum absolute atomic E-state index is 0.0948. The molecule has 2 bridgehead atoms. The molecule has 1 saturated carbocycles. The Morgan fingerprint density at radius 3 is 2.60 bits per heavy atom. The number of rotatable bonds is 3. The third kappa shape index (κ3) is 2.24. The summed E-state index contributed by atoms with van der Waals surface area (Å²) in [4.78, 5) is 20.6. The Morgan fingerprint density at radius 1 is 1.17 bits per heavy atom. The van der Waals surface area contributed by atoms with Crippen LogP contribution in [0.5, 0.6) is 0 Å². The van der Waals surface area contributed by atoms with Crippen LogP contribution >= 0.6 is 0 Å². The van der Waals surface area contributed by atoms with Gasteiger partial charge in [-0.3, -0.25) is 4.79 Å². The van der Waals surface area contributed by atoms with Gasteiger partial charge in [-0.2, -0.15) is 5.10 Å². The number of aromatic nitrogens is 4. The molecule has 2 N–H and O–H groups in total. The van der Waals surface area contributed by atoms with Crippen molar-refractivity contribution in [3.63, 3.8) is 0 Å². The molecule has 1 aromatic carbocycles. The van der Waals surface area contributed by atoms with E-state index in [-0.39, 0.29) is 28.3 Å². The molecule has 2 atom stereocenters. The van der Waals surface area contributed by atoms with Crippen LogP contribution < -0.4 is 5.73 Å². The molecule has 0 aliphatic heterocycles. The van der Waals surface area contributed by atoms with Gasteiger partial charge in [-0.25, -0.2) is 18.7 Å². The number of benzene rings is 1. The normalized spacial score (nSPS) is 23.4. The van der Waals surface area contributed by atoms with E-state index in [9.17, 15) is 13.6 Å². The van der Waals surface area contributed by atoms with Gasteiger partial charge in [-0.05, 0) is 54.0 Å². The zero-order chi connectivity index (χ0) is 21.3. The first-order chi connectivity index (χ1) is 14.3. The van der Waals surface area contributed by atoms with E-state index in [1.54, 1.807) is 6.07 Å². The average molecular weight is 407 g/mol. The van der Waals surface area contributed by atoms with Gasteiger partial charge in [0, 0.05) is 6.20 Å². The zero-order valence-corrected chi connectivity index (χ0v) is 16.5. The molecular weight excluding hydrogens is 388 g/mol. The first-order valence-corrected chi connectivity index (χ1v) is 9.73. The predicted octanol–water partition coefficient (Wildman–Crippen LogP) is 3.51. The third-order valence-electron chi connectivity index (χ3n) is 6.89. The number of nitrogens with two attached hydrogens (primary N) is 1. The van der Waals surface area contributed by atoms with Crippen molar-refractivity contribution in [3.8, 4) is 11.3 Å². The monoisotopic (exact) mass is 407 g/mol. The van der Waals surface area contributed by atoms with E-state index < -0.39 is 23.0 Å². The van der Waals surface area contributed by atoms with Gasteiger partial charge in [0.15, 0.2) is 0 Å². The fourth-order valence-electron chi connectivity index (χ4n) is 5.38. The van der Waals surface area contributed by atoms with Crippen LogP contribution in [0.4, 0.5) is 8.78 Å². The summed E-state index contributed by atoms with van der Waals surface area (Å²) in [6.07, 6.45) is 3.10. The molecule has 8 heteroatoms. The summed E-state index contributed by atoms with van der Waals surface area (Å²) >= 11 is 0. The van der Waals surface area contributed by atoms with Crippen molar-refractivity contribution in [1.29, 1.82) is 0 Å². The molecule has 2 aliphatic rings. The molecule has 3 aromatic rings. The average Bonchev–Trinajstić information content (AvgIpc) is 3.09. The van der Waals surface area contributed by atoms with Crippen LogP contribution in [0, 0.1) is 17.0 Å². The van der Waals surface area contributed by atoms with Crippen molar-refractivity contribution >= 4 is 5.91 Å². The Hall–Kier alpha value is -3.29. The van der Waals surface area contributed by atoms with Crippen molar-refractivity contribution in [1.82, 2.24) is 20.2 Å². The fourth-order valence-corrected chi connectivity index (χ4v) is 5.38. The quantitative estimate of drug-likeness (QED) is 0.717. The van der Waals surface area contributed by atoms with Crippen molar-refractivity contribution < 1.29 is 13.6 Å². The molecule has 0 radical (unpaired) electrons. The van der Waals surface area contributed by atoms with Crippen LogP contribution in [0.1, 0.15) is 60.2 Å². The number of hydrogen-bond donors (Lipinski definition) is 1. The van der Waals surface area contributed by atoms with Crippen molar-refractivity contribution in [2.24, 2.45) is 11.1 Å². The van der Waals surface area contributed by atoms with E-state index in [0.717, 1.165) is 18.4 Å². The van der Waals surface area contributed by atoms with E-state index in [1.807, 2.05) is 0 Å². The number of nitrogens with zero attached hydrogens (tertiary/aromatic N) is 4. The summed E-state index contributed by atoms with van der Waals surface area (Å²) in [5.74, 6) is -1.42. The van der Waals surface area contributed by atoms with Gasteiger partial charge in [-0.15, -0.1) is 5.10 Å². The van der Waals surface area contributed by atoms with Gasteiger partial charge < -0.3 is 5.73 Å². The Balaban J connectivity index is 1.72. The van der Waals surface area contributed by atoms with Gasteiger partial charge in [-0.1, -0.05) is 19.9 Å². The highest BCUT2D eigenvalue weighted by atomic mass is 19.1. The molecule has 5 rings (SSSR count). The number of fused-ring (bicyclic) bond motifs is 5. The standard InChI is InChI=1S/C22H19F2N5O/c1-21(2)12-6-8-22(21,20-26-9-7-15(27-20)19(25)30)18-11(12)10-16(28-29-18)17-13(23)4-3-5-14(17)24/h3-5,7,9-10,12H,6,8H2,1-2H3,(H2,25,30)/t12-,22+/m0/s1. The molecule has 30 heavy (non-hydrogen) atoms. The smallest absolute Gasteiger partial charge is 0.267 e. The topological polar surface area (TPSA) is 94.7 Å². The summed E-state index contributed by atoms with van der Waals surface area (Å²) in [7, 11) is 0. The van der Waals surface area contributed by atoms with E-state index in [2.05, 4.69) is 34.0 Å². The zero-order valence-electron chi connectivity index (χ0n) is 16.5. The second-order valence-electron chi connectivity index (χ2n) is 8.48. The Kier molecular flexibility index (Phi) is 3.81. The molecule has 0 unspecified atom stereocenters. The highest BCUT2D eigenvalue weighted by molar-refractivity contribution is 5.90. The molecule has 6 nitrogen and oxygen atoms in total. The van der Waals surface area contributed by atoms with Crippen LogP contribution in [0.2, 0.25) is 0 Å². The van der Waals surface area contributed by atoms with Crippen molar-refractivity contribution in [2.45, 2.75) is 38.0 Å². The molecule has 2 aliphatic carbocycles. The Bertz CT molecular complexity index is 1190. The maximum atomic E-state index is 14.3. The number of halogens is 2. The number of primary amides is 1. The lowest BCUT2D eigenvalue weighted by atomic mass is 9.67. The predicted molar refractivity (Wildman–Crippen MR) is 104 cm³/mol. The summed E-state index contributed by atoms with van der Waals surface area (Å²) in [6.45, 7) is 4.21. The highest BCUT2D eigenvalue weighted by Gasteiger charge is 2.65. The van der Waals surface area contributed by atoms with Crippen LogP contribution in [0.3, 0.4) is 0 Å². The minimum Gasteiger partial charge on any atom is -0.364 e. The van der Waals surface area contributed by atoms with Crippen LogP contribution in [0.25, 0.3) is 11.3 Å². The van der Waals surface area contributed by atoms with Gasteiger partial charge in [0.05, 0.1) is 22.4 Å². The van der Waals surface area contributed by atoms with Gasteiger partial charge in [0.25, 0.3) is 5.91 Å². The molecule has 0 saturated heterocycles. The molecule has 152 valence electrons. The van der Waals surface area contributed by atoms with E-state index in [0.29, 0.717) is 11.5 Å². The van der Waals surface area contributed by atoms with E-state index >= 15 is 0 Å². The Morgan fingerprint density at radius 2 is 1.90 bits per heavy atom. The van der Waals surface area contributed by atoms with Crippen molar-refractivity contribution in [2.75, 3.05) is 0 Å². The minimum atomic E-state index is -0.682. The van der Waals surface area contributed by atoms with E-state index in [1.165, 1.54) is 30.5 Å². The lowest BCUT2D eigenvalue weighted by Gasteiger charge is -2.36. The van der Waals surface area contributed by atoms with Gasteiger partial charge in [0.2, 0.25) is 0 Å². The summed E-state index contributed by atoms with van der Waals surface area (Å²) in [5.41, 5.74) is 6.15. The SMILES string of the molecule is CC1(C)[C@H]2CC[C@]1(c1nccc(C(N)=O)n1)c1nnc(-c3c(F)cccc3F)cc12. The van der Waals surface area contributed by atoms with Crippen LogP contribution in [0.15, 0.2) is 36.5 Å². The lowest BCUT2D eigenvalue weighted by Crippen LogP contribution is -2.39. The second kappa shape index (κ2) is 6.10. The van der Waals surface area contributed by atoms with E-state index in [4.69, 9.17) is 5.73 Å². The fraction of sp³-hybridized carbons (Fsp3) is 0.318. The maximum Gasteiger partial charge on any atom is 0.267 e. The molecule has 2 heterocycles. The molecule has 0 spiro atoms. The van der Waals surface area contributed by atoms with Gasteiger partial charge in [0.1, 0.15) is 23.2 Å². The van der Waals surface area contributed by atoms with Crippen LogP contribution in [-0.4, -0.2) is 26.1 Å². The number of carbonyl (C=O) groups excluding carboxylic acids is 1. The molecule has 1 amide bonds. The second-order valence-corrected chi connectivity index (χ2v) is 8.48. The maximum absolute atomic E-state index is 14.3. The summed E-state index contributed by atoms with van der Waals surface area (Å²) in [5, 5.41) is 8.62. The highest BCUT2D eigenvalue weighted by Crippen LogP contribution is 2.69. The number of hydrogen-bond acceptors (Lipinski definition) is 5.